The summed E-state index contributed by atoms with van der Waals surface area (Å²) in [6.07, 6.45) is 5.75. The van der Waals surface area contributed by atoms with Crippen molar-refractivity contribution in [2.24, 2.45) is 7.05 Å². The molecule has 0 spiro atoms. The van der Waals surface area contributed by atoms with Gasteiger partial charge >= 0.3 is 0 Å². The van der Waals surface area contributed by atoms with E-state index in [-0.39, 0.29) is 0 Å². The first-order valence-electron chi connectivity index (χ1n) is 5.85. The number of hydrogen-bond acceptors (Lipinski definition) is 5. The highest BCUT2D eigenvalue weighted by Crippen LogP contribution is 2.23. The van der Waals surface area contributed by atoms with Gasteiger partial charge in [0.1, 0.15) is 5.69 Å². The van der Waals surface area contributed by atoms with E-state index in [0.29, 0.717) is 11.7 Å². The van der Waals surface area contributed by atoms with E-state index in [2.05, 4.69) is 20.4 Å². The van der Waals surface area contributed by atoms with E-state index in [1.54, 1.807) is 12.5 Å². The summed E-state index contributed by atoms with van der Waals surface area (Å²) in [6.45, 7) is 2.01. The molecule has 0 saturated carbocycles. The van der Waals surface area contributed by atoms with Gasteiger partial charge in [-0.2, -0.15) is 4.98 Å². The van der Waals surface area contributed by atoms with Gasteiger partial charge in [-0.1, -0.05) is 5.16 Å². The fourth-order valence-electron chi connectivity index (χ4n) is 2.14. The number of piperidine rings is 1. The van der Waals surface area contributed by atoms with Crippen LogP contribution >= 0.6 is 0 Å². The van der Waals surface area contributed by atoms with E-state index in [1.165, 1.54) is 0 Å². The number of hydrogen-bond donors (Lipinski definition) is 1. The Bertz CT molecular complexity index is 497. The molecule has 0 aliphatic carbocycles. The van der Waals surface area contributed by atoms with Crippen LogP contribution in [-0.4, -0.2) is 32.8 Å². The number of rotatable bonds is 2. The third kappa shape index (κ3) is 1.95. The third-order valence-electron chi connectivity index (χ3n) is 3.13. The van der Waals surface area contributed by atoms with Crippen LogP contribution in [0.3, 0.4) is 0 Å². The highest BCUT2D eigenvalue weighted by Gasteiger charge is 2.22. The number of aromatic nitrogens is 4. The summed E-state index contributed by atoms with van der Waals surface area (Å²) < 4.78 is 7.22. The Morgan fingerprint density at radius 2 is 2.47 bits per heavy atom. The lowest BCUT2D eigenvalue weighted by Crippen LogP contribution is -2.28. The van der Waals surface area contributed by atoms with Crippen molar-refractivity contribution < 1.29 is 4.52 Å². The second kappa shape index (κ2) is 4.29. The highest BCUT2D eigenvalue weighted by molar-refractivity contribution is 5.47. The Hall–Kier alpha value is -1.69. The second-order valence-electron chi connectivity index (χ2n) is 4.39. The molecule has 0 aromatic carbocycles. The number of aryl methyl sites for hydroxylation is 1. The largest absolute Gasteiger partial charge is 0.339 e. The third-order valence-corrected chi connectivity index (χ3v) is 3.13. The zero-order chi connectivity index (χ0) is 11.7. The first kappa shape index (κ1) is 10.5. The van der Waals surface area contributed by atoms with Gasteiger partial charge < -0.3 is 14.4 Å². The molecule has 1 saturated heterocycles. The van der Waals surface area contributed by atoms with Gasteiger partial charge in [0, 0.05) is 13.6 Å². The van der Waals surface area contributed by atoms with Crippen LogP contribution in [-0.2, 0) is 7.05 Å². The van der Waals surface area contributed by atoms with Crippen LogP contribution < -0.4 is 5.32 Å². The summed E-state index contributed by atoms with van der Waals surface area (Å²) in [5.74, 6) is 1.69. The summed E-state index contributed by atoms with van der Waals surface area (Å²) >= 11 is 0. The molecule has 1 fully saturated rings. The van der Waals surface area contributed by atoms with Crippen molar-refractivity contribution in [1.29, 1.82) is 0 Å². The quantitative estimate of drug-likeness (QED) is 0.836. The lowest BCUT2D eigenvalue weighted by molar-refractivity contribution is 0.322. The second-order valence-corrected chi connectivity index (χ2v) is 4.39. The number of imidazole rings is 1. The Morgan fingerprint density at radius 1 is 1.53 bits per heavy atom. The van der Waals surface area contributed by atoms with Crippen molar-refractivity contribution in [3.05, 3.63) is 18.4 Å². The van der Waals surface area contributed by atoms with E-state index < -0.39 is 0 Å². The molecule has 0 radical (unpaired) electrons. The average molecular weight is 233 g/mol. The molecule has 0 unspecified atom stereocenters. The first-order chi connectivity index (χ1) is 8.34. The topological polar surface area (TPSA) is 68.8 Å². The zero-order valence-electron chi connectivity index (χ0n) is 9.76. The van der Waals surface area contributed by atoms with Crippen molar-refractivity contribution in [2.75, 3.05) is 13.1 Å². The predicted molar refractivity (Wildman–Crippen MR) is 61.3 cm³/mol. The summed E-state index contributed by atoms with van der Waals surface area (Å²) in [5.41, 5.74) is 0.878. The van der Waals surface area contributed by atoms with Crippen LogP contribution in [0.4, 0.5) is 0 Å². The predicted octanol–water partition coefficient (Wildman–Crippen LogP) is 0.937. The minimum Gasteiger partial charge on any atom is -0.339 e. The standard InChI is InChI=1S/C11H15N5O/c1-16-7-13-6-9(16)10-14-11(17-15-10)8-3-2-4-12-5-8/h6-8,12H,2-5H2,1H3/t8-/m0/s1. The van der Waals surface area contributed by atoms with Gasteiger partial charge in [-0.15, -0.1) is 0 Å². The van der Waals surface area contributed by atoms with Gasteiger partial charge in [-0.05, 0) is 19.4 Å². The Balaban J connectivity index is 1.85. The smallest absolute Gasteiger partial charge is 0.231 e. The maximum atomic E-state index is 5.34. The summed E-state index contributed by atoms with van der Waals surface area (Å²) in [4.78, 5) is 8.51. The fourth-order valence-corrected chi connectivity index (χ4v) is 2.14. The molecule has 1 aliphatic heterocycles. The molecule has 1 atom stereocenters. The maximum absolute atomic E-state index is 5.34. The van der Waals surface area contributed by atoms with Crippen molar-refractivity contribution in [2.45, 2.75) is 18.8 Å². The molecule has 0 amide bonds. The van der Waals surface area contributed by atoms with Crippen LogP contribution in [0, 0.1) is 0 Å². The molecule has 1 aliphatic rings. The first-order valence-corrected chi connectivity index (χ1v) is 5.85. The van der Waals surface area contributed by atoms with Crippen LogP contribution in [0.1, 0.15) is 24.7 Å². The summed E-state index contributed by atoms with van der Waals surface area (Å²) in [6, 6.07) is 0. The molecule has 0 bridgehead atoms. The molecular formula is C11H15N5O. The van der Waals surface area contributed by atoms with E-state index >= 15 is 0 Å². The molecule has 2 aromatic rings. The van der Waals surface area contributed by atoms with Gasteiger partial charge in [-0.3, -0.25) is 0 Å². The van der Waals surface area contributed by atoms with Crippen molar-refractivity contribution in [3.63, 3.8) is 0 Å². The Labute approximate surface area is 99.0 Å². The van der Waals surface area contributed by atoms with E-state index in [1.807, 2.05) is 11.6 Å². The van der Waals surface area contributed by atoms with Gasteiger partial charge in [0.25, 0.3) is 0 Å². The minimum absolute atomic E-state index is 0.346. The molecule has 6 nitrogen and oxygen atoms in total. The minimum atomic E-state index is 0.346. The van der Waals surface area contributed by atoms with Gasteiger partial charge in [-0.25, -0.2) is 4.98 Å². The monoisotopic (exact) mass is 233 g/mol. The van der Waals surface area contributed by atoms with Crippen LogP contribution in [0.2, 0.25) is 0 Å². The molecule has 3 rings (SSSR count). The lowest BCUT2D eigenvalue weighted by Gasteiger charge is -2.18. The van der Waals surface area contributed by atoms with Gasteiger partial charge in [0.2, 0.25) is 11.7 Å². The zero-order valence-corrected chi connectivity index (χ0v) is 9.76. The van der Waals surface area contributed by atoms with Crippen molar-refractivity contribution >= 4 is 0 Å². The molecular weight excluding hydrogens is 218 g/mol. The van der Waals surface area contributed by atoms with Crippen molar-refractivity contribution in [3.8, 4) is 11.5 Å². The van der Waals surface area contributed by atoms with E-state index in [4.69, 9.17) is 4.52 Å². The van der Waals surface area contributed by atoms with Gasteiger partial charge in [0.15, 0.2) is 0 Å². The lowest BCUT2D eigenvalue weighted by atomic mass is 10.00. The molecule has 90 valence electrons. The number of nitrogens with zero attached hydrogens (tertiary/aromatic N) is 4. The van der Waals surface area contributed by atoms with E-state index in [9.17, 15) is 0 Å². The number of nitrogens with one attached hydrogen (secondary N) is 1. The Morgan fingerprint density at radius 3 is 3.18 bits per heavy atom. The average Bonchev–Trinajstić information content (AvgIpc) is 2.98. The normalized spacial score (nSPS) is 20.6. The fraction of sp³-hybridized carbons (Fsp3) is 0.545. The summed E-state index contributed by atoms with van der Waals surface area (Å²) in [7, 11) is 1.92. The van der Waals surface area contributed by atoms with Gasteiger partial charge in [0.05, 0.1) is 18.4 Å². The maximum Gasteiger partial charge on any atom is 0.231 e. The van der Waals surface area contributed by atoms with Crippen LogP contribution in [0.15, 0.2) is 17.0 Å². The molecule has 3 heterocycles. The highest BCUT2D eigenvalue weighted by atomic mass is 16.5. The summed E-state index contributed by atoms with van der Waals surface area (Å²) in [5, 5.41) is 7.36. The van der Waals surface area contributed by atoms with Crippen molar-refractivity contribution in [1.82, 2.24) is 25.0 Å². The molecule has 17 heavy (non-hydrogen) atoms. The SMILES string of the molecule is Cn1cncc1-c1noc([C@H]2CCCNC2)n1. The molecule has 1 N–H and O–H groups in total. The molecule has 2 aromatic heterocycles. The molecule has 6 heteroatoms. The van der Waals surface area contributed by atoms with Crippen LogP contribution in [0.5, 0.6) is 0 Å². The van der Waals surface area contributed by atoms with E-state index in [0.717, 1.165) is 37.5 Å². The van der Waals surface area contributed by atoms with Crippen LogP contribution in [0.25, 0.3) is 11.5 Å². The Kier molecular flexibility index (Phi) is 2.64.